The van der Waals surface area contributed by atoms with E-state index >= 15 is 0 Å². The molecule has 0 fully saturated rings. The van der Waals surface area contributed by atoms with Crippen molar-refractivity contribution in [1.29, 1.82) is 0 Å². The lowest BCUT2D eigenvalue weighted by atomic mass is 10.2. The number of benzene rings is 1. The van der Waals surface area contributed by atoms with Crippen LogP contribution in [0.25, 0.3) is 11.0 Å². The zero-order valence-electron chi connectivity index (χ0n) is 9.53. The topological polar surface area (TPSA) is 146 Å². The van der Waals surface area contributed by atoms with Gasteiger partial charge in [0, 0.05) is 12.6 Å². The number of nitrogens with zero attached hydrogens (tertiary/aromatic N) is 3. The Morgan fingerprint density at radius 2 is 2.21 bits per heavy atom. The second-order valence-corrected chi connectivity index (χ2v) is 3.45. The van der Waals surface area contributed by atoms with E-state index in [2.05, 4.69) is 25.0 Å². The van der Waals surface area contributed by atoms with Crippen LogP contribution in [-0.4, -0.2) is 34.5 Å². The second kappa shape index (κ2) is 5.16. The SMILES string of the molecule is NC(=O)OCCNc1ccc([N+](=O)[O-])c2nonc12. The summed E-state index contributed by atoms with van der Waals surface area (Å²) in [6.07, 6.45) is -0.876. The van der Waals surface area contributed by atoms with Gasteiger partial charge in [0.15, 0.2) is 5.52 Å². The molecule has 2 rings (SSSR count). The zero-order valence-corrected chi connectivity index (χ0v) is 9.53. The summed E-state index contributed by atoms with van der Waals surface area (Å²) in [6, 6.07) is 2.75. The van der Waals surface area contributed by atoms with Crippen LogP contribution in [-0.2, 0) is 4.74 Å². The lowest BCUT2D eigenvalue weighted by Crippen LogP contribution is -2.18. The van der Waals surface area contributed by atoms with Crippen LogP contribution in [0.1, 0.15) is 0 Å². The molecule has 100 valence electrons. The van der Waals surface area contributed by atoms with Gasteiger partial charge in [-0.15, -0.1) is 0 Å². The molecule has 0 aliphatic rings. The number of rotatable bonds is 5. The molecule has 2 aromatic rings. The fourth-order valence-electron chi connectivity index (χ4n) is 1.48. The largest absolute Gasteiger partial charge is 0.448 e. The third-order valence-corrected chi connectivity index (χ3v) is 2.25. The lowest BCUT2D eigenvalue weighted by Gasteiger charge is -2.05. The number of ether oxygens (including phenoxy) is 1. The highest BCUT2D eigenvalue weighted by Gasteiger charge is 2.19. The molecule has 0 aliphatic heterocycles. The minimum absolute atomic E-state index is 0.0471. The Balaban J connectivity index is 2.16. The molecule has 1 heterocycles. The molecule has 10 nitrogen and oxygen atoms in total. The van der Waals surface area contributed by atoms with E-state index in [1.807, 2.05) is 0 Å². The van der Waals surface area contributed by atoms with Crippen LogP contribution in [0.2, 0.25) is 0 Å². The number of primary amides is 1. The average Bonchev–Trinajstić information content (AvgIpc) is 2.83. The quantitative estimate of drug-likeness (QED) is 0.455. The normalized spacial score (nSPS) is 10.3. The molecule has 0 radical (unpaired) electrons. The number of carbonyl (C=O) groups excluding carboxylic acids is 1. The van der Waals surface area contributed by atoms with Crippen LogP contribution >= 0.6 is 0 Å². The molecule has 1 aromatic heterocycles. The van der Waals surface area contributed by atoms with Crippen LogP contribution in [0.3, 0.4) is 0 Å². The highest BCUT2D eigenvalue weighted by atomic mass is 16.6. The van der Waals surface area contributed by atoms with E-state index in [0.29, 0.717) is 5.69 Å². The molecule has 3 N–H and O–H groups in total. The zero-order chi connectivity index (χ0) is 13.8. The molecule has 0 bridgehead atoms. The number of aromatic nitrogens is 2. The fourth-order valence-corrected chi connectivity index (χ4v) is 1.48. The standard InChI is InChI=1S/C9H9N5O5/c10-9(15)18-4-3-11-5-1-2-6(14(16)17)8-7(5)12-19-13-8/h1-2,11H,3-4H2,(H2,10,15). The molecular weight excluding hydrogens is 258 g/mol. The minimum atomic E-state index is -0.876. The number of non-ortho nitro benzene ring substituents is 1. The summed E-state index contributed by atoms with van der Waals surface area (Å²) in [4.78, 5) is 20.5. The highest BCUT2D eigenvalue weighted by Crippen LogP contribution is 2.28. The maximum atomic E-state index is 10.8. The van der Waals surface area contributed by atoms with Crippen molar-refractivity contribution < 1.29 is 19.1 Å². The van der Waals surface area contributed by atoms with Crippen LogP contribution in [0.15, 0.2) is 16.8 Å². The first-order valence-electron chi connectivity index (χ1n) is 5.15. The first-order valence-corrected chi connectivity index (χ1v) is 5.15. The Morgan fingerprint density at radius 1 is 1.47 bits per heavy atom. The average molecular weight is 267 g/mol. The van der Waals surface area contributed by atoms with Gasteiger partial charge in [0.25, 0.3) is 0 Å². The Bertz CT molecular complexity index is 624. The first-order chi connectivity index (χ1) is 9.09. The molecule has 0 saturated carbocycles. The van der Waals surface area contributed by atoms with Crippen molar-refractivity contribution in [2.24, 2.45) is 5.73 Å². The molecule has 0 atom stereocenters. The van der Waals surface area contributed by atoms with Crippen molar-refractivity contribution >= 4 is 28.5 Å². The van der Waals surface area contributed by atoms with Crippen LogP contribution in [0.5, 0.6) is 0 Å². The van der Waals surface area contributed by atoms with Crippen LogP contribution in [0, 0.1) is 10.1 Å². The van der Waals surface area contributed by atoms with E-state index in [-0.39, 0.29) is 29.9 Å². The molecule has 1 amide bonds. The molecular formula is C9H9N5O5. The number of anilines is 1. The summed E-state index contributed by atoms with van der Waals surface area (Å²) in [7, 11) is 0. The number of nitro groups is 1. The Morgan fingerprint density at radius 3 is 2.89 bits per heavy atom. The predicted molar refractivity (Wildman–Crippen MR) is 62.5 cm³/mol. The minimum Gasteiger partial charge on any atom is -0.448 e. The van der Waals surface area contributed by atoms with Gasteiger partial charge in [-0.2, -0.15) is 0 Å². The van der Waals surface area contributed by atoms with Gasteiger partial charge in [0.05, 0.1) is 10.6 Å². The number of hydrogen-bond donors (Lipinski definition) is 2. The van der Waals surface area contributed by atoms with Crippen molar-refractivity contribution in [3.63, 3.8) is 0 Å². The van der Waals surface area contributed by atoms with Gasteiger partial charge in [-0.3, -0.25) is 10.1 Å². The molecule has 1 aromatic carbocycles. The summed E-state index contributed by atoms with van der Waals surface area (Å²) in [5, 5.41) is 20.7. The lowest BCUT2D eigenvalue weighted by molar-refractivity contribution is -0.383. The van der Waals surface area contributed by atoms with Gasteiger partial charge in [-0.1, -0.05) is 0 Å². The number of nitrogens with two attached hydrogens (primary N) is 1. The van der Waals surface area contributed by atoms with Crippen LogP contribution in [0.4, 0.5) is 16.2 Å². The summed E-state index contributed by atoms with van der Waals surface area (Å²) in [5.74, 6) is 0. The Labute approximate surface area is 105 Å². The van der Waals surface area contributed by atoms with Crippen molar-refractivity contribution in [3.8, 4) is 0 Å². The number of nitrogens with one attached hydrogen (secondary N) is 1. The van der Waals surface area contributed by atoms with Crippen LogP contribution < -0.4 is 11.1 Å². The van der Waals surface area contributed by atoms with Crippen molar-refractivity contribution in [2.75, 3.05) is 18.5 Å². The van der Waals surface area contributed by atoms with Gasteiger partial charge >= 0.3 is 11.8 Å². The highest BCUT2D eigenvalue weighted by molar-refractivity contribution is 5.93. The van der Waals surface area contributed by atoms with Crippen molar-refractivity contribution in [3.05, 3.63) is 22.2 Å². The molecule has 0 aliphatic carbocycles. The summed E-state index contributed by atoms with van der Waals surface area (Å²) in [6.45, 7) is 0.321. The van der Waals surface area contributed by atoms with E-state index < -0.39 is 11.0 Å². The second-order valence-electron chi connectivity index (χ2n) is 3.45. The van der Waals surface area contributed by atoms with Gasteiger partial charge < -0.3 is 15.8 Å². The predicted octanol–water partition coefficient (Wildman–Crippen LogP) is 0.638. The number of carbonyl (C=O) groups is 1. The number of fused-ring (bicyclic) bond motifs is 1. The third-order valence-electron chi connectivity index (χ3n) is 2.25. The van der Waals surface area contributed by atoms with E-state index in [0.717, 1.165) is 0 Å². The third kappa shape index (κ3) is 2.68. The monoisotopic (exact) mass is 267 g/mol. The summed E-state index contributed by atoms with van der Waals surface area (Å²) < 4.78 is 9.02. The Hall–Kier alpha value is -2.91. The number of amides is 1. The number of hydrogen-bond acceptors (Lipinski definition) is 8. The van der Waals surface area contributed by atoms with Gasteiger partial charge in [0.1, 0.15) is 6.61 Å². The van der Waals surface area contributed by atoms with Gasteiger partial charge in [-0.25, -0.2) is 9.42 Å². The van der Waals surface area contributed by atoms with E-state index in [9.17, 15) is 14.9 Å². The van der Waals surface area contributed by atoms with Crippen molar-refractivity contribution in [1.82, 2.24) is 10.3 Å². The summed E-state index contributed by atoms with van der Waals surface area (Å²) >= 11 is 0. The summed E-state index contributed by atoms with van der Waals surface area (Å²) in [5.41, 5.74) is 5.36. The molecule has 0 saturated heterocycles. The fraction of sp³-hybridized carbons (Fsp3) is 0.222. The van der Waals surface area contributed by atoms with E-state index in [1.165, 1.54) is 12.1 Å². The van der Waals surface area contributed by atoms with Gasteiger partial charge in [-0.05, 0) is 16.4 Å². The smallest absolute Gasteiger partial charge is 0.404 e. The first kappa shape index (κ1) is 12.5. The maximum absolute atomic E-state index is 10.8. The van der Waals surface area contributed by atoms with E-state index in [4.69, 9.17) is 5.73 Å². The molecule has 10 heteroatoms. The van der Waals surface area contributed by atoms with Crippen molar-refractivity contribution in [2.45, 2.75) is 0 Å². The molecule has 0 unspecified atom stereocenters. The van der Waals surface area contributed by atoms with E-state index in [1.54, 1.807) is 0 Å². The maximum Gasteiger partial charge on any atom is 0.404 e. The molecule has 19 heavy (non-hydrogen) atoms. The Kier molecular flexibility index (Phi) is 3.41. The molecule has 0 spiro atoms. The van der Waals surface area contributed by atoms with Gasteiger partial charge in [0.2, 0.25) is 5.52 Å². The number of nitro benzene ring substituents is 1.